The molecule has 0 spiro atoms. The van der Waals surface area contributed by atoms with E-state index in [-0.39, 0.29) is 0 Å². The highest BCUT2D eigenvalue weighted by Gasteiger charge is 2.11. The van der Waals surface area contributed by atoms with Crippen LogP contribution in [0.1, 0.15) is 31.7 Å². The molecule has 1 aromatic carbocycles. The number of thioether (sulfide) groups is 1. The van der Waals surface area contributed by atoms with Gasteiger partial charge in [-0.15, -0.1) is 11.8 Å². The Morgan fingerprint density at radius 2 is 2.19 bits per heavy atom. The lowest BCUT2D eigenvalue weighted by atomic mass is 10.00. The Morgan fingerprint density at radius 3 is 2.92 bits per heavy atom. The van der Waals surface area contributed by atoms with Crippen molar-refractivity contribution in [2.24, 2.45) is 0 Å². The van der Waals surface area contributed by atoms with Crippen molar-refractivity contribution in [2.45, 2.75) is 31.1 Å². The lowest BCUT2D eigenvalue weighted by Crippen LogP contribution is -2.10. The zero-order valence-electron chi connectivity index (χ0n) is 15.4. The van der Waals surface area contributed by atoms with E-state index in [0.29, 0.717) is 0 Å². The molecule has 2 N–H and O–H groups in total. The summed E-state index contributed by atoms with van der Waals surface area (Å²) in [6.07, 6.45) is 13.2. The first-order valence-corrected chi connectivity index (χ1v) is 10.1. The summed E-state index contributed by atoms with van der Waals surface area (Å²) in [6.45, 7) is 10.5. The molecule has 0 radical (unpaired) electrons. The summed E-state index contributed by atoms with van der Waals surface area (Å²) in [4.78, 5) is 5.84. The maximum Gasteiger partial charge on any atom is 0.0729 e. The molecular weight excluding hydrogens is 338 g/mol. The largest absolute Gasteiger partial charge is 0.362 e. The molecule has 0 atom stereocenters. The Labute approximate surface area is 160 Å². The fourth-order valence-electron chi connectivity index (χ4n) is 3.00. The second kappa shape index (κ2) is 8.28. The second-order valence-corrected chi connectivity index (χ2v) is 7.21. The quantitative estimate of drug-likeness (QED) is 0.584. The van der Waals surface area contributed by atoms with Crippen molar-refractivity contribution < 1.29 is 0 Å². The molecule has 1 aromatic heterocycles. The van der Waals surface area contributed by atoms with E-state index >= 15 is 0 Å². The van der Waals surface area contributed by atoms with Crippen molar-refractivity contribution in [3.8, 4) is 0 Å². The van der Waals surface area contributed by atoms with Gasteiger partial charge in [-0.05, 0) is 60.6 Å². The van der Waals surface area contributed by atoms with Gasteiger partial charge in [-0.2, -0.15) is 0 Å². The van der Waals surface area contributed by atoms with E-state index in [2.05, 4.69) is 54.1 Å². The number of unbranched alkanes of at least 4 members (excludes halogenated alkanes) is 1. The third kappa shape index (κ3) is 4.02. The van der Waals surface area contributed by atoms with E-state index in [1.54, 1.807) is 11.8 Å². The molecule has 0 fully saturated rings. The number of nitrogens with one attached hydrogen (secondary N) is 2. The summed E-state index contributed by atoms with van der Waals surface area (Å²) in [5.74, 6) is 0. The number of hydrogen-bond acceptors (Lipinski definition) is 4. The highest BCUT2D eigenvalue weighted by molar-refractivity contribution is 7.98. The van der Waals surface area contributed by atoms with Crippen LogP contribution < -0.4 is 10.6 Å². The van der Waals surface area contributed by atoms with Gasteiger partial charge in [-0.25, -0.2) is 0 Å². The number of benzene rings is 1. The average Bonchev–Trinajstić information content (AvgIpc) is 2.65. The van der Waals surface area contributed by atoms with Crippen LogP contribution in [0.5, 0.6) is 0 Å². The van der Waals surface area contributed by atoms with Gasteiger partial charge in [0.05, 0.1) is 5.52 Å². The molecule has 3 nitrogen and oxygen atoms in total. The third-order valence-corrected chi connectivity index (χ3v) is 5.19. The Balaban J connectivity index is 2.00. The standard InChI is InChI=1S/C22H25N3S/c1-5-6-7-15(2)18-13-21-19(14-22(18)26-4)20(9-11-24-21)25-17-8-10-23-16(3)12-17/h8-14,23H,2-3,5-7H2,1,4H3,(H,24,25). The van der Waals surface area contributed by atoms with Gasteiger partial charge in [0, 0.05) is 39.8 Å². The number of anilines is 1. The van der Waals surface area contributed by atoms with E-state index in [1.807, 2.05) is 30.6 Å². The van der Waals surface area contributed by atoms with E-state index in [9.17, 15) is 0 Å². The number of aromatic nitrogens is 1. The van der Waals surface area contributed by atoms with Gasteiger partial charge < -0.3 is 10.6 Å². The summed E-state index contributed by atoms with van der Waals surface area (Å²) in [6, 6.07) is 6.41. The van der Waals surface area contributed by atoms with Gasteiger partial charge >= 0.3 is 0 Å². The molecule has 2 heterocycles. The summed E-state index contributed by atoms with van der Waals surface area (Å²) in [7, 11) is 0. The minimum atomic E-state index is 0.868. The lowest BCUT2D eigenvalue weighted by Gasteiger charge is -2.16. The number of nitrogens with zero attached hydrogens (tertiary/aromatic N) is 1. The highest BCUT2D eigenvalue weighted by Crippen LogP contribution is 2.35. The first-order chi connectivity index (χ1) is 12.6. The van der Waals surface area contributed by atoms with Crippen molar-refractivity contribution in [2.75, 3.05) is 11.6 Å². The SMILES string of the molecule is C=C1C=C(Nc2ccnc3cc(C(=C)CCCC)c(SC)cc23)C=CN1. The fourth-order valence-corrected chi connectivity index (χ4v) is 3.66. The summed E-state index contributed by atoms with van der Waals surface area (Å²) in [5.41, 5.74) is 6.31. The summed E-state index contributed by atoms with van der Waals surface area (Å²) >= 11 is 1.76. The van der Waals surface area contributed by atoms with Crippen LogP contribution in [0, 0.1) is 0 Å². The van der Waals surface area contributed by atoms with Crippen molar-refractivity contribution in [3.63, 3.8) is 0 Å². The van der Waals surface area contributed by atoms with Crippen molar-refractivity contribution >= 4 is 33.9 Å². The Hall–Kier alpha value is -2.46. The minimum absolute atomic E-state index is 0.868. The van der Waals surface area contributed by atoms with Gasteiger partial charge in [0.2, 0.25) is 0 Å². The fraction of sp³-hybridized carbons (Fsp3) is 0.227. The highest BCUT2D eigenvalue weighted by atomic mass is 32.2. The third-order valence-electron chi connectivity index (χ3n) is 4.42. The van der Waals surface area contributed by atoms with Gasteiger partial charge in [-0.3, -0.25) is 4.98 Å². The zero-order chi connectivity index (χ0) is 18.5. The topological polar surface area (TPSA) is 37.0 Å². The first-order valence-electron chi connectivity index (χ1n) is 8.88. The van der Waals surface area contributed by atoms with Gasteiger partial charge in [-0.1, -0.05) is 26.5 Å². The predicted octanol–water partition coefficient (Wildman–Crippen LogP) is 6.09. The first kappa shape index (κ1) is 18.3. The predicted molar refractivity (Wildman–Crippen MR) is 115 cm³/mol. The molecule has 0 aliphatic carbocycles. The number of fused-ring (bicyclic) bond motifs is 1. The molecule has 0 saturated heterocycles. The van der Waals surface area contributed by atoms with Gasteiger partial charge in [0.25, 0.3) is 0 Å². The zero-order valence-corrected chi connectivity index (χ0v) is 16.2. The molecule has 26 heavy (non-hydrogen) atoms. The number of allylic oxidation sites excluding steroid dienone is 3. The van der Waals surface area contributed by atoms with Gasteiger partial charge in [0.15, 0.2) is 0 Å². The Kier molecular flexibility index (Phi) is 5.84. The molecule has 134 valence electrons. The smallest absolute Gasteiger partial charge is 0.0729 e. The maximum absolute atomic E-state index is 4.59. The molecule has 3 rings (SSSR count). The van der Waals surface area contributed by atoms with Crippen molar-refractivity contribution in [3.05, 3.63) is 72.9 Å². The van der Waals surface area contributed by atoms with Gasteiger partial charge in [0.1, 0.15) is 0 Å². The van der Waals surface area contributed by atoms with Crippen LogP contribution in [0.4, 0.5) is 5.69 Å². The van der Waals surface area contributed by atoms with Crippen LogP contribution in [-0.2, 0) is 0 Å². The van der Waals surface area contributed by atoms with Crippen molar-refractivity contribution in [1.29, 1.82) is 0 Å². The van der Waals surface area contributed by atoms with Crippen LogP contribution in [0.25, 0.3) is 16.5 Å². The molecule has 4 heteroatoms. The monoisotopic (exact) mass is 363 g/mol. The molecule has 0 unspecified atom stereocenters. The molecule has 1 aliphatic rings. The Morgan fingerprint density at radius 1 is 1.35 bits per heavy atom. The second-order valence-electron chi connectivity index (χ2n) is 6.36. The number of rotatable bonds is 7. The van der Waals surface area contributed by atoms with E-state index < -0.39 is 0 Å². The molecule has 0 saturated carbocycles. The lowest BCUT2D eigenvalue weighted by molar-refractivity contribution is 0.824. The van der Waals surface area contributed by atoms with Crippen LogP contribution in [-0.4, -0.2) is 11.2 Å². The van der Waals surface area contributed by atoms with Crippen molar-refractivity contribution in [1.82, 2.24) is 10.3 Å². The summed E-state index contributed by atoms with van der Waals surface area (Å²) < 4.78 is 0. The van der Waals surface area contributed by atoms with Crippen LogP contribution in [0.15, 0.2) is 72.2 Å². The minimum Gasteiger partial charge on any atom is -0.362 e. The van der Waals surface area contributed by atoms with E-state index in [4.69, 9.17) is 0 Å². The van der Waals surface area contributed by atoms with Crippen LogP contribution in [0.3, 0.4) is 0 Å². The molecule has 0 bridgehead atoms. The average molecular weight is 364 g/mol. The molecule has 1 aliphatic heterocycles. The number of pyridine rings is 1. The van der Waals surface area contributed by atoms with E-state index in [0.717, 1.165) is 40.8 Å². The molecular formula is C22H25N3S. The maximum atomic E-state index is 4.59. The number of hydrogen-bond donors (Lipinski definition) is 2. The molecule has 2 aromatic rings. The Bertz CT molecular complexity index is 909. The van der Waals surface area contributed by atoms with Crippen LogP contribution >= 0.6 is 11.8 Å². The molecule has 0 amide bonds. The number of dihydropyridines is 1. The van der Waals surface area contributed by atoms with Crippen LogP contribution in [0.2, 0.25) is 0 Å². The van der Waals surface area contributed by atoms with E-state index in [1.165, 1.54) is 22.5 Å². The normalized spacial score (nSPS) is 13.5. The summed E-state index contributed by atoms with van der Waals surface area (Å²) in [5, 5.41) is 7.68.